The van der Waals surface area contributed by atoms with Crippen molar-refractivity contribution in [2.75, 3.05) is 9.80 Å². The molecule has 0 unspecified atom stereocenters. The average Bonchev–Trinajstić information content (AvgIpc) is 4.10. The van der Waals surface area contributed by atoms with Crippen LogP contribution >= 0.6 is 0 Å². The molecular formula is C56H38N4. The molecule has 13 aromatic rings. The van der Waals surface area contributed by atoms with Crippen molar-refractivity contribution in [2.24, 2.45) is 0 Å². The van der Waals surface area contributed by atoms with E-state index in [0.717, 1.165) is 87.3 Å². The number of hydrogen-bond donors (Lipinski definition) is 0. The Morgan fingerprint density at radius 1 is 0.367 bits per heavy atom. The first-order valence-corrected chi connectivity index (χ1v) is 20.0. The van der Waals surface area contributed by atoms with Gasteiger partial charge in [0.05, 0.1) is 58.2 Å². The molecule has 0 fully saturated rings. The molecule has 0 radical (unpaired) electrons. The number of hydrogen-bond acceptors (Lipinski definition) is 2. The van der Waals surface area contributed by atoms with Crippen LogP contribution in [0.4, 0.5) is 34.1 Å². The van der Waals surface area contributed by atoms with E-state index in [4.69, 9.17) is 13.7 Å². The summed E-state index contributed by atoms with van der Waals surface area (Å²) in [6.45, 7) is 3.92. The summed E-state index contributed by atoms with van der Waals surface area (Å²) in [6, 6.07) is 40.8. The molecular weight excluding hydrogens is 729 g/mol. The minimum Gasteiger partial charge on any atom is -0.310 e. The fourth-order valence-corrected chi connectivity index (χ4v) is 9.96. The number of rotatable bonds is 6. The van der Waals surface area contributed by atoms with Gasteiger partial charge >= 0.3 is 0 Å². The molecule has 0 amide bonds. The summed E-state index contributed by atoms with van der Waals surface area (Å²) in [6.07, 6.45) is 0. The number of anilines is 6. The van der Waals surface area contributed by atoms with Crippen LogP contribution in [0, 0.1) is 13.8 Å². The van der Waals surface area contributed by atoms with E-state index in [-0.39, 0.29) is 35.5 Å². The Morgan fingerprint density at radius 3 is 1.18 bits per heavy atom. The SMILES string of the molecule is [2H]c1c([2H])c([2H])c(N(c2ccccc2C)c2cccc3c2c2cccc4c5cc6c(cc5n3c42)c2cccc3c4c(N(c5ccccc5C)c5c([2H])c([2H])c([2H])c([2H])c5[2H])cccc4n6c23)c([2H])c1[2H]. The summed E-state index contributed by atoms with van der Waals surface area (Å²) in [5.74, 6) is 0. The molecule has 4 heterocycles. The van der Waals surface area contributed by atoms with Gasteiger partial charge in [-0.3, -0.25) is 0 Å². The maximum Gasteiger partial charge on any atom is 0.0645 e. The minimum atomic E-state index is -0.449. The highest BCUT2D eigenvalue weighted by molar-refractivity contribution is 6.31. The predicted octanol–water partition coefficient (Wildman–Crippen LogP) is 15.5. The zero-order valence-electron chi connectivity index (χ0n) is 42.5. The van der Waals surface area contributed by atoms with Crippen LogP contribution in [-0.4, -0.2) is 8.80 Å². The van der Waals surface area contributed by atoms with Crippen LogP contribution in [0.5, 0.6) is 0 Å². The number of para-hydroxylation sites is 6. The van der Waals surface area contributed by atoms with E-state index in [1.807, 2.05) is 109 Å². The van der Waals surface area contributed by atoms with Crippen LogP contribution in [0.1, 0.15) is 24.8 Å². The second-order valence-electron chi connectivity index (χ2n) is 15.5. The zero-order valence-corrected chi connectivity index (χ0v) is 32.5. The molecule has 13 rings (SSSR count). The third kappa shape index (κ3) is 4.39. The fraction of sp³-hybridized carbons (Fsp3) is 0.0357. The summed E-state index contributed by atoms with van der Waals surface area (Å²) in [5, 5.41) is 7.79. The molecule has 0 aliphatic rings. The van der Waals surface area contributed by atoms with Gasteiger partial charge in [0.2, 0.25) is 0 Å². The Balaban J connectivity index is 1.11. The van der Waals surface area contributed by atoms with Gasteiger partial charge in [0.1, 0.15) is 0 Å². The molecule has 0 spiro atoms. The normalized spacial score (nSPS) is 14.5. The van der Waals surface area contributed by atoms with E-state index in [0.29, 0.717) is 22.7 Å². The summed E-state index contributed by atoms with van der Waals surface area (Å²) in [5.41, 5.74) is 10.4. The molecule has 4 heteroatoms. The lowest BCUT2D eigenvalue weighted by Crippen LogP contribution is -2.11. The maximum absolute atomic E-state index is 9.16. The van der Waals surface area contributed by atoms with Crippen molar-refractivity contribution in [1.29, 1.82) is 0 Å². The lowest BCUT2D eigenvalue weighted by atomic mass is 10.0. The second-order valence-corrected chi connectivity index (χ2v) is 15.5. The van der Waals surface area contributed by atoms with Crippen molar-refractivity contribution < 1.29 is 13.7 Å². The molecule has 0 saturated heterocycles. The Labute approximate surface area is 360 Å². The first-order chi connectivity index (χ1) is 33.8. The Morgan fingerprint density at radius 2 is 0.750 bits per heavy atom. The van der Waals surface area contributed by atoms with Gasteiger partial charge in [0, 0.05) is 65.8 Å². The van der Waals surface area contributed by atoms with Crippen molar-refractivity contribution in [3.8, 4) is 0 Å². The van der Waals surface area contributed by atoms with E-state index in [9.17, 15) is 0 Å². The topological polar surface area (TPSA) is 15.3 Å². The summed E-state index contributed by atoms with van der Waals surface area (Å²) < 4.78 is 92.8. The molecule has 0 saturated carbocycles. The number of fused-ring (bicyclic) bond motifs is 12. The number of benzene rings is 9. The van der Waals surface area contributed by atoms with Gasteiger partial charge in [0.25, 0.3) is 0 Å². The zero-order chi connectivity index (χ0) is 48.3. The van der Waals surface area contributed by atoms with E-state index >= 15 is 0 Å². The van der Waals surface area contributed by atoms with Crippen LogP contribution in [0.2, 0.25) is 0 Å². The fourth-order valence-electron chi connectivity index (χ4n) is 9.96. The monoisotopic (exact) mass is 776 g/mol. The van der Waals surface area contributed by atoms with Crippen molar-refractivity contribution in [3.63, 3.8) is 0 Å². The van der Waals surface area contributed by atoms with Gasteiger partial charge < -0.3 is 18.6 Å². The highest BCUT2D eigenvalue weighted by Crippen LogP contribution is 2.50. The van der Waals surface area contributed by atoms with E-state index in [2.05, 4.69) is 57.3 Å². The predicted molar refractivity (Wildman–Crippen MR) is 255 cm³/mol. The third-order valence-corrected chi connectivity index (χ3v) is 12.4. The van der Waals surface area contributed by atoms with E-state index < -0.39 is 36.3 Å². The first-order valence-electron chi connectivity index (χ1n) is 25.0. The summed E-state index contributed by atoms with van der Waals surface area (Å²) in [7, 11) is 0. The van der Waals surface area contributed by atoms with Crippen LogP contribution in [0.25, 0.3) is 76.2 Å². The molecule has 4 nitrogen and oxygen atoms in total. The van der Waals surface area contributed by atoms with Gasteiger partial charge in [-0.1, -0.05) is 121 Å². The molecule has 0 atom stereocenters. The van der Waals surface area contributed by atoms with Crippen molar-refractivity contribution in [1.82, 2.24) is 8.80 Å². The largest absolute Gasteiger partial charge is 0.310 e. The number of nitrogens with zero attached hydrogens (tertiary/aromatic N) is 4. The van der Waals surface area contributed by atoms with Crippen molar-refractivity contribution in [3.05, 3.63) is 205 Å². The molecule has 0 aliphatic heterocycles. The lowest BCUT2D eigenvalue weighted by Gasteiger charge is -2.28. The van der Waals surface area contributed by atoms with Gasteiger partial charge in [-0.15, -0.1) is 0 Å². The Kier molecular flexibility index (Phi) is 5.11. The van der Waals surface area contributed by atoms with Crippen LogP contribution in [0.3, 0.4) is 0 Å². The Bertz CT molecular complexity index is 4080. The third-order valence-electron chi connectivity index (χ3n) is 12.4. The summed E-state index contributed by atoms with van der Waals surface area (Å²) in [4.78, 5) is 3.65. The van der Waals surface area contributed by atoms with Crippen LogP contribution in [0.15, 0.2) is 194 Å². The molecule has 0 N–H and O–H groups in total. The molecule has 60 heavy (non-hydrogen) atoms. The van der Waals surface area contributed by atoms with Crippen LogP contribution < -0.4 is 9.80 Å². The molecule has 9 aromatic carbocycles. The first kappa shape index (κ1) is 24.8. The number of aromatic nitrogens is 2. The van der Waals surface area contributed by atoms with Gasteiger partial charge in [0.15, 0.2) is 0 Å². The van der Waals surface area contributed by atoms with Crippen LogP contribution in [-0.2, 0) is 0 Å². The molecule has 282 valence electrons. The minimum absolute atomic E-state index is 0.0702. The lowest BCUT2D eigenvalue weighted by molar-refractivity contribution is 1.26. The average molecular weight is 777 g/mol. The molecule has 0 bridgehead atoms. The second kappa shape index (κ2) is 12.3. The van der Waals surface area contributed by atoms with Gasteiger partial charge in [-0.25, -0.2) is 0 Å². The van der Waals surface area contributed by atoms with E-state index in [1.54, 1.807) is 0 Å². The standard InChI is InChI=1S/C56H38N4/c1-35-17-9-11-27-45(35)57(37-19-5-3-6-20-37)47-29-15-31-49-53(47)41-25-13-23-39-43-34-52-44(33-51(43)59(49)55(39)41)40-24-14-26-42-54-48(30-16-32-50(54)60(52)56(40)42)58(38-21-7-4-8-22-38)46-28-12-10-18-36(46)2/h3-34H,1-2H3/i3D,4D,5D,6D,7D,8D,19D,20D,21D,22D. The molecule has 4 aromatic heterocycles. The van der Waals surface area contributed by atoms with E-state index in [1.165, 1.54) is 0 Å². The Hall–Kier alpha value is -7.82. The highest BCUT2D eigenvalue weighted by atomic mass is 15.2. The quantitative estimate of drug-likeness (QED) is 0.167. The van der Waals surface area contributed by atoms with Crippen molar-refractivity contribution >= 4 is 110 Å². The highest BCUT2D eigenvalue weighted by Gasteiger charge is 2.27. The number of aryl methyl sites for hydroxylation is 2. The smallest absolute Gasteiger partial charge is 0.0645 e. The maximum atomic E-state index is 9.16. The summed E-state index contributed by atoms with van der Waals surface area (Å²) >= 11 is 0. The van der Waals surface area contributed by atoms with Crippen molar-refractivity contribution in [2.45, 2.75) is 13.8 Å². The van der Waals surface area contributed by atoms with Gasteiger partial charge in [-0.05, 0) is 97.7 Å². The van der Waals surface area contributed by atoms with Gasteiger partial charge in [-0.2, -0.15) is 0 Å². The molecule has 0 aliphatic carbocycles.